The molecule has 198 valence electrons. The normalized spacial score (nSPS) is 17.1. The molecule has 5 rings (SSSR count). The minimum Gasteiger partial charge on any atom is -0.497 e. The van der Waals surface area contributed by atoms with Gasteiger partial charge in [0.15, 0.2) is 0 Å². The van der Waals surface area contributed by atoms with Crippen LogP contribution >= 0.6 is 0 Å². The average molecular weight is 513 g/mol. The summed E-state index contributed by atoms with van der Waals surface area (Å²) < 4.78 is 5.25. The van der Waals surface area contributed by atoms with E-state index in [9.17, 15) is 9.59 Å². The number of fused-ring (bicyclic) bond motifs is 1. The number of hydrogen-bond donors (Lipinski definition) is 1. The largest absolute Gasteiger partial charge is 0.497 e. The Morgan fingerprint density at radius 2 is 1.63 bits per heavy atom. The van der Waals surface area contributed by atoms with Crippen LogP contribution in [0.15, 0.2) is 72.8 Å². The SMILES string of the molecule is COc1ccc(N2CCN(C(=O)c3ccc(NC4c5ccccc5C(=O)N4CCC(C)C)cc3)CC2)cc1. The number of anilines is 2. The topological polar surface area (TPSA) is 65.1 Å². The molecule has 0 bridgehead atoms. The van der Waals surface area contributed by atoms with Gasteiger partial charge in [0.25, 0.3) is 11.8 Å². The van der Waals surface area contributed by atoms with Gasteiger partial charge in [0.1, 0.15) is 11.9 Å². The number of nitrogens with zero attached hydrogens (tertiary/aromatic N) is 3. The first-order valence-electron chi connectivity index (χ1n) is 13.4. The Labute approximate surface area is 225 Å². The number of carbonyl (C=O) groups is 2. The number of nitrogens with one attached hydrogen (secondary N) is 1. The van der Waals surface area contributed by atoms with Gasteiger partial charge in [-0.1, -0.05) is 32.0 Å². The molecular formula is C31H36N4O3. The molecule has 0 spiro atoms. The van der Waals surface area contributed by atoms with Gasteiger partial charge in [0.2, 0.25) is 0 Å². The third-order valence-electron chi connectivity index (χ3n) is 7.45. The predicted molar refractivity (Wildman–Crippen MR) is 151 cm³/mol. The lowest BCUT2D eigenvalue weighted by molar-refractivity contribution is 0.0731. The van der Waals surface area contributed by atoms with Crippen molar-refractivity contribution in [2.24, 2.45) is 5.92 Å². The van der Waals surface area contributed by atoms with Crippen LogP contribution in [0.25, 0.3) is 0 Å². The summed E-state index contributed by atoms with van der Waals surface area (Å²) in [6.45, 7) is 7.98. The lowest BCUT2D eigenvalue weighted by atomic mass is 10.1. The van der Waals surface area contributed by atoms with Gasteiger partial charge < -0.3 is 24.8 Å². The highest BCUT2D eigenvalue weighted by Gasteiger charge is 2.36. The predicted octanol–water partition coefficient (Wildman–Crippen LogP) is 5.27. The summed E-state index contributed by atoms with van der Waals surface area (Å²) in [4.78, 5) is 32.4. The zero-order chi connectivity index (χ0) is 26.6. The fraction of sp³-hybridized carbons (Fsp3) is 0.355. The summed E-state index contributed by atoms with van der Waals surface area (Å²) in [5.41, 5.74) is 4.45. The molecule has 0 aliphatic carbocycles. The Balaban J connectivity index is 1.22. The molecule has 3 aromatic carbocycles. The molecule has 2 aliphatic rings. The van der Waals surface area contributed by atoms with E-state index in [1.807, 2.05) is 70.5 Å². The molecule has 1 atom stereocenters. The molecule has 3 aromatic rings. The second kappa shape index (κ2) is 11.2. The first-order chi connectivity index (χ1) is 18.4. The second-order valence-corrected chi connectivity index (χ2v) is 10.4. The van der Waals surface area contributed by atoms with Crippen LogP contribution < -0.4 is 15.0 Å². The molecule has 0 saturated carbocycles. The number of carbonyl (C=O) groups excluding carboxylic acids is 2. The number of hydrogen-bond acceptors (Lipinski definition) is 5. The molecule has 2 amide bonds. The smallest absolute Gasteiger partial charge is 0.256 e. The van der Waals surface area contributed by atoms with Gasteiger partial charge >= 0.3 is 0 Å². The van der Waals surface area contributed by atoms with E-state index in [1.165, 1.54) is 0 Å². The minimum atomic E-state index is -0.218. The van der Waals surface area contributed by atoms with Crippen molar-refractivity contribution >= 4 is 23.2 Å². The van der Waals surface area contributed by atoms with Crippen LogP contribution in [0.4, 0.5) is 11.4 Å². The van der Waals surface area contributed by atoms with Crippen molar-refractivity contribution in [3.8, 4) is 5.75 Å². The maximum absolute atomic E-state index is 13.2. The first-order valence-corrected chi connectivity index (χ1v) is 13.4. The standard InChI is InChI=1S/C31H36N4O3/c1-22(2)16-17-35-29(27-6-4-5-7-28(27)31(35)37)32-24-10-8-23(9-11-24)30(36)34-20-18-33(19-21-34)25-12-14-26(38-3)15-13-25/h4-15,22,29,32H,16-21H2,1-3H3. The molecule has 2 aliphatic heterocycles. The van der Waals surface area contributed by atoms with Gasteiger partial charge in [-0.3, -0.25) is 9.59 Å². The summed E-state index contributed by atoms with van der Waals surface area (Å²) in [5.74, 6) is 1.47. The van der Waals surface area contributed by atoms with Crippen LogP contribution in [0, 0.1) is 5.92 Å². The van der Waals surface area contributed by atoms with E-state index in [0.717, 1.165) is 47.8 Å². The van der Waals surface area contributed by atoms with Crippen molar-refractivity contribution in [3.63, 3.8) is 0 Å². The van der Waals surface area contributed by atoms with Crippen molar-refractivity contribution < 1.29 is 14.3 Å². The Kier molecular flexibility index (Phi) is 7.54. The van der Waals surface area contributed by atoms with E-state index < -0.39 is 0 Å². The summed E-state index contributed by atoms with van der Waals surface area (Å²) in [5, 5.41) is 3.54. The molecule has 1 unspecified atom stereocenters. The number of amides is 2. The molecule has 0 radical (unpaired) electrons. The minimum absolute atomic E-state index is 0.0471. The van der Waals surface area contributed by atoms with Crippen molar-refractivity contribution in [1.82, 2.24) is 9.80 Å². The van der Waals surface area contributed by atoms with Gasteiger partial charge in [0, 0.05) is 60.8 Å². The maximum Gasteiger partial charge on any atom is 0.256 e. The van der Waals surface area contributed by atoms with Gasteiger partial charge in [0.05, 0.1) is 7.11 Å². The number of benzene rings is 3. The summed E-state index contributed by atoms with van der Waals surface area (Å²) in [6.07, 6.45) is 0.724. The monoisotopic (exact) mass is 512 g/mol. The number of rotatable bonds is 8. The van der Waals surface area contributed by atoms with Crippen molar-refractivity contribution in [1.29, 1.82) is 0 Å². The highest BCUT2D eigenvalue weighted by Crippen LogP contribution is 2.35. The number of ether oxygens (including phenoxy) is 1. The quantitative estimate of drug-likeness (QED) is 0.446. The fourth-order valence-corrected chi connectivity index (χ4v) is 5.16. The highest BCUT2D eigenvalue weighted by atomic mass is 16.5. The van der Waals surface area contributed by atoms with E-state index in [-0.39, 0.29) is 18.0 Å². The zero-order valence-electron chi connectivity index (χ0n) is 22.4. The van der Waals surface area contributed by atoms with Crippen LogP contribution in [0.3, 0.4) is 0 Å². The van der Waals surface area contributed by atoms with Crippen molar-refractivity contribution in [2.45, 2.75) is 26.4 Å². The van der Waals surface area contributed by atoms with Crippen LogP contribution in [0.1, 0.15) is 52.7 Å². The Hall–Kier alpha value is -4.00. The molecule has 1 fully saturated rings. The molecule has 38 heavy (non-hydrogen) atoms. The van der Waals surface area contributed by atoms with E-state index in [1.54, 1.807) is 7.11 Å². The van der Waals surface area contributed by atoms with Crippen LogP contribution in [-0.4, -0.2) is 61.4 Å². The zero-order valence-corrected chi connectivity index (χ0v) is 22.4. The second-order valence-electron chi connectivity index (χ2n) is 10.4. The molecule has 1 saturated heterocycles. The third-order valence-corrected chi connectivity index (χ3v) is 7.45. The van der Waals surface area contributed by atoms with Gasteiger partial charge in [-0.15, -0.1) is 0 Å². The average Bonchev–Trinajstić information content (AvgIpc) is 3.22. The number of piperazine rings is 1. The van der Waals surface area contributed by atoms with Gasteiger partial charge in [-0.05, 0) is 66.9 Å². The third kappa shape index (κ3) is 5.32. The van der Waals surface area contributed by atoms with Crippen LogP contribution in [-0.2, 0) is 0 Å². The van der Waals surface area contributed by atoms with Crippen LogP contribution in [0.5, 0.6) is 5.75 Å². The highest BCUT2D eigenvalue weighted by molar-refractivity contribution is 5.99. The molecule has 1 N–H and O–H groups in total. The fourth-order valence-electron chi connectivity index (χ4n) is 5.16. The van der Waals surface area contributed by atoms with E-state index in [2.05, 4.69) is 36.2 Å². The molecular weight excluding hydrogens is 476 g/mol. The summed E-state index contributed by atoms with van der Waals surface area (Å²) in [7, 11) is 1.67. The molecule has 7 nitrogen and oxygen atoms in total. The van der Waals surface area contributed by atoms with Crippen LogP contribution in [0.2, 0.25) is 0 Å². The Bertz CT molecular complexity index is 1270. The first kappa shape index (κ1) is 25.6. The van der Waals surface area contributed by atoms with Gasteiger partial charge in [-0.2, -0.15) is 0 Å². The maximum atomic E-state index is 13.2. The van der Waals surface area contributed by atoms with E-state index in [0.29, 0.717) is 31.1 Å². The lowest BCUT2D eigenvalue weighted by Gasteiger charge is -2.36. The molecule has 0 aromatic heterocycles. The summed E-state index contributed by atoms with van der Waals surface area (Å²) in [6, 6.07) is 23.5. The molecule has 2 heterocycles. The van der Waals surface area contributed by atoms with Gasteiger partial charge in [-0.25, -0.2) is 0 Å². The Morgan fingerprint density at radius 1 is 0.947 bits per heavy atom. The van der Waals surface area contributed by atoms with E-state index in [4.69, 9.17) is 4.74 Å². The van der Waals surface area contributed by atoms with E-state index >= 15 is 0 Å². The Morgan fingerprint density at radius 3 is 2.29 bits per heavy atom. The summed E-state index contributed by atoms with van der Waals surface area (Å²) >= 11 is 0. The molecule has 7 heteroatoms. The number of methoxy groups -OCH3 is 1. The van der Waals surface area contributed by atoms with Crippen molar-refractivity contribution in [2.75, 3.05) is 50.1 Å². The lowest BCUT2D eigenvalue weighted by Crippen LogP contribution is -2.48. The van der Waals surface area contributed by atoms with Crippen molar-refractivity contribution in [3.05, 3.63) is 89.5 Å².